The average molecular weight is 340 g/mol. The van der Waals surface area contributed by atoms with Gasteiger partial charge in [-0.3, -0.25) is 4.98 Å². The van der Waals surface area contributed by atoms with Crippen molar-refractivity contribution in [3.8, 4) is 0 Å². The molecule has 6 heteroatoms. The van der Waals surface area contributed by atoms with Crippen LogP contribution in [0.2, 0.25) is 5.02 Å². The van der Waals surface area contributed by atoms with Crippen molar-refractivity contribution in [2.45, 2.75) is 20.4 Å². The van der Waals surface area contributed by atoms with Crippen LogP contribution in [0.5, 0.6) is 0 Å². The van der Waals surface area contributed by atoms with Crippen LogP contribution >= 0.6 is 11.6 Å². The zero-order valence-electron chi connectivity index (χ0n) is 13.5. The van der Waals surface area contributed by atoms with Crippen LogP contribution in [-0.2, 0) is 6.54 Å². The zero-order valence-corrected chi connectivity index (χ0v) is 14.3. The Morgan fingerprint density at radius 3 is 2.67 bits per heavy atom. The number of halogens is 1. The predicted molar refractivity (Wildman–Crippen MR) is 97.8 cm³/mol. The Kier molecular flexibility index (Phi) is 4.91. The highest BCUT2D eigenvalue weighted by Crippen LogP contribution is 2.26. The third-order valence-corrected chi connectivity index (χ3v) is 3.97. The van der Waals surface area contributed by atoms with Gasteiger partial charge < -0.3 is 10.6 Å². The van der Waals surface area contributed by atoms with Gasteiger partial charge in [-0.2, -0.15) is 0 Å². The molecule has 122 valence electrons. The van der Waals surface area contributed by atoms with Crippen molar-refractivity contribution in [3.05, 3.63) is 70.8 Å². The fourth-order valence-electron chi connectivity index (χ4n) is 2.30. The summed E-state index contributed by atoms with van der Waals surface area (Å²) in [6, 6.07) is 11.6. The molecule has 1 aromatic carbocycles. The van der Waals surface area contributed by atoms with Gasteiger partial charge in [0.2, 0.25) is 0 Å². The molecule has 3 rings (SSSR count). The number of hydrogen-bond donors (Lipinski definition) is 2. The maximum absolute atomic E-state index is 6.17. The fraction of sp³-hybridized carbons (Fsp3) is 0.167. The number of benzene rings is 1. The normalized spacial score (nSPS) is 10.5. The first kappa shape index (κ1) is 16.2. The van der Waals surface area contributed by atoms with E-state index in [1.807, 2.05) is 56.4 Å². The van der Waals surface area contributed by atoms with Crippen molar-refractivity contribution in [3.63, 3.8) is 0 Å². The Morgan fingerprint density at radius 1 is 1.04 bits per heavy atom. The topological polar surface area (TPSA) is 62.7 Å². The summed E-state index contributed by atoms with van der Waals surface area (Å²) in [6.07, 6.45) is 3.59. The lowest BCUT2D eigenvalue weighted by Crippen LogP contribution is -2.05. The Balaban J connectivity index is 1.77. The summed E-state index contributed by atoms with van der Waals surface area (Å²) in [6.45, 7) is 4.49. The van der Waals surface area contributed by atoms with Gasteiger partial charge in [-0.25, -0.2) is 9.97 Å². The van der Waals surface area contributed by atoms with Gasteiger partial charge in [0.1, 0.15) is 17.5 Å². The molecule has 0 fully saturated rings. The van der Waals surface area contributed by atoms with Gasteiger partial charge in [0.15, 0.2) is 0 Å². The standard InChI is InChI=1S/C18H18ClN5/c1-12-15(19)6-3-7-16(12)24-18-9-17(22-13(2)23-18)21-11-14-5-4-8-20-10-14/h3-10H,11H2,1-2H3,(H2,21,22,23,24). The maximum Gasteiger partial charge on any atom is 0.136 e. The third kappa shape index (κ3) is 4.00. The largest absolute Gasteiger partial charge is 0.366 e. The van der Waals surface area contributed by atoms with E-state index in [4.69, 9.17) is 11.6 Å². The number of aromatic nitrogens is 3. The van der Waals surface area contributed by atoms with E-state index in [0.29, 0.717) is 12.4 Å². The highest BCUT2D eigenvalue weighted by Gasteiger charge is 2.06. The monoisotopic (exact) mass is 339 g/mol. The van der Waals surface area contributed by atoms with E-state index in [1.54, 1.807) is 6.20 Å². The van der Waals surface area contributed by atoms with Crippen LogP contribution < -0.4 is 10.6 Å². The quantitative estimate of drug-likeness (QED) is 0.716. The highest BCUT2D eigenvalue weighted by atomic mass is 35.5. The second kappa shape index (κ2) is 7.27. The smallest absolute Gasteiger partial charge is 0.136 e. The number of nitrogens with zero attached hydrogens (tertiary/aromatic N) is 3. The minimum Gasteiger partial charge on any atom is -0.366 e. The molecular weight excluding hydrogens is 322 g/mol. The van der Waals surface area contributed by atoms with E-state index in [2.05, 4.69) is 25.6 Å². The number of hydrogen-bond acceptors (Lipinski definition) is 5. The second-order valence-corrected chi connectivity index (χ2v) is 5.85. The summed E-state index contributed by atoms with van der Waals surface area (Å²) in [5, 5.41) is 7.32. The summed E-state index contributed by atoms with van der Waals surface area (Å²) in [5.74, 6) is 2.17. The minimum absolute atomic E-state index is 0.653. The molecule has 0 aliphatic heterocycles. The molecule has 2 N–H and O–H groups in total. The lowest BCUT2D eigenvalue weighted by molar-refractivity contribution is 1.02. The first-order valence-electron chi connectivity index (χ1n) is 7.62. The lowest BCUT2D eigenvalue weighted by atomic mass is 10.2. The lowest BCUT2D eigenvalue weighted by Gasteiger charge is -2.12. The molecule has 5 nitrogen and oxygen atoms in total. The van der Waals surface area contributed by atoms with Gasteiger partial charge in [0.05, 0.1) is 0 Å². The van der Waals surface area contributed by atoms with Gasteiger partial charge in [0, 0.05) is 35.7 Å². The van der Waals surface area contributed by atoms with E-state index in [1.165, 1.54) is 0 Å². The number of pyridine rings is 1. The predicted octanol–water partition coefficient (Wildman–Crippen LogP) is 4.50. The fourth-order valence-corrected chi connectivity index (χ4v) is 2.47. The Labute approximate surface area is 146 Å². The summed E-state index contributed by atoms with van der Waals surface area (Å²) in [4.78, 5) is 13.0. The van der Waals surface area contributed by atoms with E-state index >= 15 is 0 Å². The molecule has 0 amide bonds. The molecule has 0 aliphatic carbocycles. The van der Waals surface area contributed by atoms with E-state index in [-0.39, 0.29) is 0 Å². The Hall–Kier alpha value is -2.66. The van der Waals surface area contributed by atoms with Crippen molar-refractivity contribution in [2.24, 2.45) is 0 Å². The molecule has 0 radical (unpaired) electrons. The number of rotatable bonds is 5. The Morgan fingerprint density at radius 2 is 1.88 bits per heavy atom. The molecular formula is C18H18ClN5. The van der Waals surface area contributed by atoms with Gasteiger partial charge in [-0.1, -0.05) is 23.7 Å². The summed E-state index contributed by atoms with van der Waals surface area (Å²) in [7, 11) is 0. The maximum atomic E-state index is 6.17. The molecule has 0 unspecified atom stereocenters. The van der Waals surface area contributed by atoms with Crippen LogP contribution in [0, 0.1) is 13.8 Å². The van der Waals surface area contributed by atoms with E-state index < -0.39 is 0 Å². The van der Waals surface area contributed by atoms with Crippen molar-refractivity contribution < 1.29 is 0 Å². The van der Waals surface area contributed by atoms with Gasteiger partial charge in [-0.05, 0) is 43.2 Å². The number of nitrogens with one attached hydrogen (secondary N) is 2. The minimum atomic E-state index is 0.653. The third-order valence-electron chi connectivity index (χ3n) is 3.56. The van der Waals surface area contributed by atoms with Crippen LogP contribution in [0.1, 0.15) is 17.0 Å². The highest BCUT2D eigenvalue weighted by molar-refractivity contribution is 6.31. The summed E-state index contributed by atoms with van der Waals surface area (Å²) < 4.78 is 0. The van der Waals surface area contributed by atoms with Crippen LogP contribution in [0.15, 0.2) is 48.8 Å². The zero-order chi connectivity index (χ0) is 16.9. The second-order valence-electron chi connectivity index (χ2n) is 5.44. The summed E-state index contributed by atoms with van der Waals surface area (Å²) in [5.41, 5.74) is 3.01. The molecule has 0 atom stereocenters. The first-order valence-corrected chi connectivity index (χ1v) is 8.00. The molecule has 2 aromatic heterocycles. The molecule has 2 heterocycles. The van der Waals surface area contributed by atoms with Crippen LogP contribution in [0.4, 0.5) is 17.3 Å². The molecule has 0 saturated heterocycles. The van der Waals surface area contributed by atoms with E-state index in [9.17, 15) is 0 Å². The summed E-state index contributed by atoms with van der Waals surface area (Å²) >= 11 is 6.17. The molecule has 0 saturated carbocycles. The molecule has 0 bridgehead atoms. The van der Waals surface area contributed by atoms with Crippen molar-refractivity contribution in [1.82, 2.24) is 15.0 Å². The van der Waals surface area contributed by atoms with Crippen LogP contribution in [-0.4, -0.2) is 15.0 Å². The van der Waals surface area contributed by atoms with Gasteiger partial charge in [0.25, 0.3) is 0 Å². The van der Waals surface area contributed by atoms with Gasteiger partial charge in [-0.15, -0.1) is 0 Å². The molecule has 0 aliphatic rings. The first-order chi connectivity index (χ1) is 11.6. The van der Waals surface area contributed by atoms with Crippen molar-refractivity contribution >= 4 is 28.9 Å². The average Bonchev–Trinajstić information content (AvgIpc) is 2.58. The van der Waals surface area contributed by atoms with Crippen molar-refractivity contribution in [1.29, 1.82) is 0 Å². The number of anilines is 3. The van der Waals surface area contributed by atoms with E-state index in [0.717, 1.165) is 33.5 Å². The number of aryl methyl sites for hydroxylation is 1. The van der Waals surface area contributed by atoms with Crippen LogP contribution in [0.3, 0.4) is 0 Å². The molecule has 3 aromatic rings. The van der Waals surface area contributed by atoms with Crippen LogP contribution in [0.25, 0.3) is 0 Å². The SMILES string of the molecule is Cc1nc(NCc2cccnc2)cc(Nc2cccc(Cl)c2C)n1. The molecule has 24 heavy (non-hydrogen) atoms. The van der Waals surface area contributed by atoms with Crippen molar-refractivity contribution in [2.75, 3.05) is 10.6 Å². The Bertz CT molecular complexity index is 836. The van der Waals surface area contributed by atoms with Gasteiger partial charge >= 0.3 is 0 Å². The molecule has 0 spiro atoms.